The van der Waals surface area contributed by atoms with Crippen molar-refractivity contribution in [1.82, 2.24) is 4.98 Å². The molecular formula is C15H17ClN2. The second kappa shape index (κ2) is 4.77. The van der Waals surface area contributed by atoms with Gasteiger partial charge < -0.3 is 4.90 Å². The molecule has 0 bridgehead atoms. The molecule has 2 nitrogen and oxygen atoms in total. The summed E-state index contributed by atoms with van der Waals surface area (Å²) < 4.78 is 0. The molecule has 0 spiro atoms. The van der Waals surface area contributed by atoms with Gasteiger partial charge in [0.15, 0.2) is 0 Å². The normalized spacial score (nSPS) is 24.4. The van der Waals surface area contributed by atoms with Crippen LogP contribution in [0.15, 0.2) is 36.5 Å². The number of halogens is 1. The Morgan fingerprint density at radius 2 is 2.11 bits per heavy atom. The Labute approximate surface area is 113 Å². The summed E-state index contributed by atoms with van der Waals surface area (Å²) in [6.07, 6.45) is 2.93. The molecule has 0 N–H and O–H groups in total. The van der Waals surface area contributed by atoms with E-state index in [0.29, 0.717) is 11.3 Å². The van der Waals surface area contributed by atoms with Crippen molar-refractivity contribution < 1.29 is 0 Å². The third-order valence-corrected chi connectivity index (χ3v) is 4.40. The van der Waals surface area contributed by atoms with Crippen LogP contribution in [0.1, 0.15) is 13.3 Å². The lowest BCUT2D eigenvalue weighted by molar-refractivity contribution is 0.453. The Balaban J connectivity index is 1.99. The standard InChI is InChI=1S/C15H17ClN2/c1-11-10-18(9-7-14(11)16)15-13-5-3-2-4-12(13)6-8-17-15/h2-6,8,11,14H,7,9-10H2,1H3. The van der Waals surface area contributed by atoms with Gasteiger partial charge in [-0.1, -0.05) is 31.2 Å². The predicted octanol–water partition coefficient (Wildman–Crippen LogP) is 3.69. The molecule has 2 heterocycles. The maximum absolute atomic E-state index is 6.29. The van der Waals surface area contributed by atoms with Gasteiger partial charge in [-0.15, -0.1) is 11.6 Å². The van der Waals surface area contributed by atoms with Gasteiger partial charge in [-0.25, -0.2) is 4.98 Å². The van der Waals surface area contributed by atoms with Crippen molar-refractivity contribution in [1.29, 1.82) is 0 Å². The first kappa shape index (κ1) is 11.8. The van der Waals surface area contributed by atoms with Gasteiger partial charge in [-0.05, 0) is 23.8 Å². The lowest BCUT2D eigenvalue weighted by Gasteiger charge is -2.35. The van der Waals surface area contributed by atoms with Crippen LogP contribution in [0.3, 0.4) is 0 Å². The average molecular weight is 261 g/mol. The van der Waals surface area contributed by atoms with E-state index in [1.807, 2.05) is 6.20 Å². The SMILES string of the molecule is CC1CN(c2nccc3ccccc23)CCC1Cl. The third-order valence-electron chi connectivity index (χ3n) is 3.75. The van der Waals surface area contributed by atoms with Gasteiger partial charge in [0, 0.05) is 30.0 Å². The molecule has 1 aliphatic heterocycles. The van der Waals surface area contributed by atoms with E-state index in [9.17, 15) is 0 Å². The van der Waals surface area contributed by atoms with Crippen LogP contribution >= 0.6 is 11.6 Å². The highest BCUT2D eigenvalue weighted by Gasteiger charge is 2.25. The zero-order valence-corrected chi connectivity index (χ0v) is 11.3. The van der Waals surface area contributed by atoms with E-state index in [1.165, 1.54) is 10.8 Å². The molecule has 0 saturated carbocycles. The van der Waals surface area contributed by atoms with E-state index in [-0.39, 0.29) is 0 Å². The molecule has 1 aromatic carbocycles. The van der Waals surface area contributed by atoms with Crippen LogP contribution in [0.25, 0.3) is 10.8 Å². The van der Waals surface area contributed by atoms with Crippen LogP contribution in [-0.2, 0) is 0 Å². The van der Waals surface area contributed by atoms with Gasteiger partial charge in [-0.3, -0.25) is 0 Å². The number of fused-ring (bicyclic) bond motifs is 1. The molecule has 1 aliphatic rings. The first-order valence-corrected chi connectivity index (χ1v) is 6.92. The molecule has 0 radical (unpaired) electrons. The monoisotopic (exact) mass is 260 g/mol. The molecule has 3 heteroatoms. The Bertz CT molecular complexity index is 550. The molecule has 2 atom stereocenters. The summed E-state index contributed by atoms with van der Waals surface area (Å²) in [7, 11) is 0. The first-order chi connectivity index (χ1) is 8.75. The van der Waals surface area contributed by atoms with E-state index in [0.717, 1.165) is 25.3 Å². The molecule has 1 aromatic heterocycles. The quantitative estimate of drug-likeness (QED) is 0.727. The minimum absolute atomic E-state index is 0.302. The number of piperidine rings is 1. The number of nitrogens with zero attached hydrogens (tertiary/aromatic N) is 2. The molecule has 2 aromatic rings. The number of alkyl halides is 1. The maximum atomic E-state index is 6.29. The molecule has 2 unspecified atom stereocenters. The fraction of sp³-hybridized carbons (Fsp3) is 0.400. The molecular weight excluding hydrogens is 244 g/mol. The zero-order valence-electron chi connectivity index (χ0n) is 10.5. The summed E-state index contributed by atoms with van der Waals surface area (Å²) in [6, 6.07) is 10.5. The second-order valence-corrected chi connectivity index (χ2v) is 5.64. The number of benzene rings is 1. The third kappa shape index (κ3) is 2.05. The Morgan fingerprint density at radius 3 is 2.94 bits per heavy atom. The van der Waals surface area contributed by atoms with Gasteiger partial charge in [-0.2, -0.15) is 0 Å². The van der Waals surface area contributed by atoms with E-state index >= 15 is 0 Å². The van der Waals surface area contributed by atoms with Gasteiger partial charge in [0.2, 0.25) is 0 Å². The number of aromatic nitrogens is 1. The Kier molecular flexibility index (Phi) is 3.13. The number of pyridine rings is 1. The summed E-state index contributed by atoms with van der Waals surface area (Å²) in [5.41, 5.74) is 0. The van der Waals surface area contributed by atoms with Crippen LogP contribution < -0.4 is 4.90 Å². The minimum Gasteiger partial charge on any atom is -0.356 e. The average Bonchev–Trinajstić information content (AvgIpc) is 2.41. The van der Waals surface area contributed by atoms with Crippen molar-refractivity contribution in [2.75, 3.05) is 18.0 Å². The number of hydrogen-bond acceptors (Lipinski definition) is 2. The van der Waals surface area contributed by atoms with E-state index < -0.39 is 0 Å². The van der Waals surface area contributed by atoms with Gasteiger partial charge in [0.25, 0.3) is 0 Å². The van der Waals surface area contributed by atoms with Crippen LogP contribution in [0.5, 0.6) is 0 Å². The van der Waals surface area contributed by atoms with Crippen molar-refractivity contribution in [3.63, 3.8) is 0 Å². The maximum Gasteiger partial charge on any atom is 0.136 e. The molecule has 3 rings (SSSR count). The lowest BCUT2D eigenvalue weighted by Crippen LogP contribution is -2.40. The Hall–Kier alpha value is -1.28. The highest BCUT2D eigenvalue weighted by atomic mass is 35.5. The predicted molar refractivity (Wildman–Crippen MR) is 77.4 cm³/mol. The van der Waals surface area contributed by atoms with E-state index in [2.05, 4.69) is 47.1 Å². The number of rotatable bonds is 1. The molecule has 1 saturated heterocycles. The second-order valence-electron chi connectivity index (χ2n) is 5.08. The highest BCUT2D eigenvalue weighted by molar-refractivity contribution is 6.20. The number of hydrogen-bond donors (Lipinski definition) is 0. The fourth-order valence-corrected chi connectivity index (χ4v) is 2.84. The zero-order chi connectivity index (χ0) is 12.5. The highest BCUT2D eigenvalue weighted by Crippen LogP contribution is 2.29. The van der Waals surface area contributed by atoms with Crippen LogP contribution in [0.2, 0.25) is 0 Å². The summed E-state index contributed by atoms with van der Waals surface area (Å²) in [5.74, 6) is 1.62. The summed E-state index contributed by atoms with van der Waals surface area (Å²) in [5, 5.41) is 2.79. The first-order valence-electron chi connectivity index (χ1n) is 6.48. The van der Waals surface area contributed by atoms with Crippen LogP contribution in [0.4, 0.5) is 5.82 Å². The van der Waals surface area contributed by atoms with Crippen molar-refractivity contribution >= 4 is 28.2 Å². The van der Waals surface area contributed by atoms with Gasteiger partial charge in [0.1, 0.15) is 5.82 Å². The van der Waals surface area contributed by atoms with Crippen molar-refractivity contribution in [2.24, 2.45) is 5.92 Å². The molecule has 0 amide bonds. The van der Waals surface area contributed by atoms with Gasteiger partial charge in [0.05, 0.1) is 0 Å². The number of anilines is 1. The molecule has 0 aliphatic carbocycles. The summed E-state index contributed by atoms with van der Waals surface area (Å²) in [6.45, 7) is 4.21. The van der Waals surface area contributed by atoms with E-state index in [1.54, 1.807) is 0 Å². The van der Waals surface area contributed by atoms with Crippen molar-refractivity contribution in [2.45, 2.75) is 18.7 Å². The van der Waals surface area contributed by atoms with Crippen LogP contribution in [0, 0.1) is 5.92 Å². The molecule has 94 valence electrons. The van der Waals surface area contributed by atoms with Crippen LogP contribution in [-0.4, -0.2) is 23.5 Å². The largest absolute Gasteiger partial charge is 0.356 e. The lowest BCUT2D eigenvalue weighted by atomic mass is 9.99. The topological polar surface area (TPSA) is 16.1 Å². The molecule has 18 heavy (non-hydrogen) atoms. The van der Waals surface area contributed by atoms with Crippen molar-refractivity contribution in [3.05, 3.63) is 36.5 Å². The summed E-state index contributed by atoms with van der Waals surface area (Å²) >= 11 is 6.29. The van der Waals surface area contributed by atoms with E-state index in [4.69, 9.17) is 11.6 Å². The minimum atomic E-state index is 0.302. The van der Waals surface area contributed by atoms with Gasteiger partial charge >= 0.3 is 0 Å². The fourth-order valence-electron chi connectivity index (χ4n) is 2.67. The Morgan fingerprint density at radius 1 is 1.28 bits per heavy atom. The summed E-state index contributed by atoms with van der Waals surface area (Å²) in [4.78, 5) is 6.94. The smallest absolute Gasteiger partial charge is 0.136 e. The van der Waals surface area contributed by atoms with Crippen molar-refractivity contribution in [3.8, 4) is 0 Å². The molecule has 1 fully saturated rings.